The Morgan fingerprint density at radius 2 is 2.05 bits per heavy atom. The van der Waals surface area contributed by atoms with Crippen molar-refractivity contribution in [1.29, 1.82) is 0 Å². The summed E-state index contributed by atoms with van der Waals surface area (Å²) in [6.45, 7) is 5.22. The van der Waals surface area contributed by atoms with Gasteiger partial charge in [0.05, 0.1) is 5.56 Å². The summed E-state index contributed by atoms with van der Waals surface area (Å²) in [4.78, 5) is 25.6. The van der Waals surface area contributed by atoms with Gasteiger partial charge in [0, 0.05) is 18.8 Å². The molecule has 1 aliphatic carbocycles. The Kier molecular flexibility index (Phi) is 4.63. The van der Waals surface area contributed by atoms with Crippen LogP contribution in [0.3, 0.4) is 0 Å². The Labute approximate surface area is 120 Å². The minimum absolute atomic E-state index is 0.101. The van der Waals surface area contributed by atoms with E-state index in [0.29, 0.717) is 11.5 Å². The number of carbonyl (C=O) groups is 1. The highest BCUT2D eigenvalue weighted by Gasteiger charge is 2.34. The molecule has 1 aromatic rings. The lowest BCUT2D eigenvalue weighted by Gasteiger charge is -2.31. The van der Waals surface area contributed by atoms with Crippen molar-refractivity contribution >= 4 is 5.91 Å². The first-order valence-corrected chi connectivity index (χ1v) is 7.48. The first-order chi connectivity index (χ1) is 9.51. The molecule has 0 saturated heterocycles. The Hall–Kier alpha value is -1.58. The zero-order chi connectivity index (χ0) is 14.6. The Morgan fingerprint density at radius 3 is 2.60 bits per heavy atom. The van der Waals surface area contributed by atoms with Gasteiger partial charge in [0.15, 0.2) is 0 Å². The van der Waals surface area contributed by atoms with Gasteiger partial charge in [0.25, 0.3) is 5.91 Å². The molecule has 20 heavy (non-hydrogen) atoms. The molecule has 1 aliphatic rings. The predicted octanol–water partition coefficient (Wildman–Crippen LogP) is 2.71. The second-order valence-corrected chi connectivity index (χ2v) is 6.43. The fourth-order valence-corrected chi connectivity index (χ4v) is 3.37. The summed E-state index contributed by atoms with van der Waals surface area (Å²) in [5.41, 5.74) is 0.599. The molecule has 0 unspecified atom stereocenters. The van der Waals surface area contributed by atoms with Gasteiger partial charge in [-0.3, -0.25) is 9.59 Å². The average molecular weight is 276 g/mol. The van der Waals surface area contributed by atoms with Crippen LogP contribution in [-0.4, -0.2) is 17.4 Å². The van der Waals surface area contributed by atoms with Crippen LogP contribution < -0.4 is 10.9 Å². The number of H-pyrrole nitrogens is 1. The van der Waals surface area contributed by atoms with Gasteiger partial charge in [0.1, 0.15) is 0 Å². The molecule has 0 bridgehead atoms. The summed E-state index contributed by atoms with van der Waals surface area (Å²) in [6, 6.07) is 2.95. The van der Waals surface area contributed by atoms with E-state index in [-0.39, 0.29) is 16.9 Å². The zero-order valence-corrected chi connectivity index (χ0v) is 12.4. The standard InChI is InChI=1S/C16H24N2O2/c1-12(2)9-16(7-3-4-8-16)11-18-15(20)13-5-6-14(19)17-10-13/h5-6,10,12H,3-4,7-9,11H2,1-2H3,(H,17,19)(H,18,20). The molecule has 0 atom stereocenters. The van der Waals surface area contributed by atoms with E-state index in [1.807, 2.05) is 0 Å². The highest BCUT2D eigenvalue weighted by molar-refractivity contribution is 5.93. The van der Waals surface area contributed by atoms with Gasteiger partial charge >= 0.3 is 0 Å². The highest BCUT2D eigenvalue weighted by Crippen LogP contribution is 2.42. The lowest BCUT2D eigenvalue weighted by Crippen LogP contribution is -2.37. The van der Waals surface area contributed by atoms with E-state index in [0.717, 1.165) is 6.54 Å². The Morgan fingerprint density at radius 1 is 1.35 bits per heavy atom. The summed E-state index contributed by atoms with van der Waals surface area (Å²) < 4.78 is 0. The first kappa shape index (κ1) is 14.8. The SMILES string of the molecule is CC(C)CC1(CNC(=O)c2ccc(=O)[nH]c2)CCCC1. The van der Waals surface area contributed by atoms with E-state index in [9.17, 15) is 9.59 Å². The predicted molar refractivity (Wildman–Crippen MR) is 79.8 cm³/mol. The van der Waals surface area contributed by atoms with Crippen molar-refractivity contribution in [3.05, 3.63) is 34.2 Å². The molecule has 1 heterocycles. The van der Waals surface area contributed by atoms with E-state index in [4.69, 9.17) is 0 Å². The van der Waals surface area contributed by atoms with Crippen molar-refractivity contribution in [3.8, 4) is 0 Å². The van der Waals surface area contributed by atoms with Crippen molar-refractivity contribution in [2.24, 2.45) is 11.3 Å². The van der Waals surface area contributed by atoms with Crippen molar-refractivity contribution < 1.29 is 4.79 Å². The van der Waals surface area contributed by atoms with Crippen LogP contribution in [0.1, 0.15) is 56.3 Å². The maximum absolute atomic E-state index is 12.1. The summed E-state index contributed by atoms with van der Waals surface area (Å²) >= 11 is 0. The van der Waals surface area contributed by atoms with E-state index in [1.165, 1.54) is 44.4 Å². The number of pyridine rings is 1. The van der Waals surface area contributed by atoms with Gasteiger partial charge in [-0.2, -0.15) is 0 Å². The van der Waals surface area contributed by atoms with Gasteiger partial charge in [-0.25, -0.2) is 0 Å². The number of aromatic nitrogens is 1. The molecule has 0 spiro atoms. The van der Waals surface area contributed by atoms with Crippen molar-refractivity contribution in [1.82, 2.24) is 10.3 Å². The second-order valence-electron chi connectivity index (χ2n) is 6.43. The lowest BCUT2D eigenvalue weighted by atomic mass is 9.78. The van der Waals surface area contributed by atoms with Crippen molar-refractivity contribution in [2.45, 2.75) is 46.0 Å². The van der Waals surface area contributed by atoms with Crippen LogP contribution in [-0.2, 0) is 0 Å². The monoisotopic (exact) mass is 276 g/mol. The number of hydrogen-bond acceptors (Lipinski definition) is 2. The number of rotatable bonds is 5. The molecule has 0 radical (unpaired) electrons. The van der Waals surface area contributed by atoms with E-state index >= 15 is 0 Å². The van der Waals surface area contributed by atoms with Gasteiger partial charge in [-0.1, -0.05) is 26.7 Å². The van der Waals surface area contributed by atoms with Crippen LogP contribution in [0.2, 0.25) is 0 Å². The van der Waals surface area contributed by atoms with Crippen LogP contribution in [0.4, 0.5) is 0 Å². The number of nitrogens with one attached hydrogen (secondary N) is 2. The van der Waals surface area contributed by atoms with Crippen molar-refractivity contribution in [3.63, 3.8) is 0 Å². The third-order valence-electron chi connectivity index (χ3n) is 4.18. The minimum atomic E-state index is -0.186. The molecular formula is C16H24N2O2. The largest absolute Gasteiger partial charge is 0.351 e. The summed E-state index contributed by atoms with van der Waals surface area (Å²) in [5, 5.41) is 3.05. The van der Waals surface area contributed by atoms with Crippen LogP contribution in [0.15, 0.2) is 23.1 Å². The normalized spacial score (nSPS) is 17.4. The van der Waals surface area contributed by atoms with E-state index < -0.39 is 0 Å². The molecule has 1 amide bonds. The smallest absolute Gasteiger partial charge is 0.252 e. The maximum atomic E-state index is 12.1. The number of hydrogen-bond donors (Lipinski definition) is 2. The molecular weight excluding hydrogens is 252 g/mol. The Balaban J connectivity index is 1.97. The number of amides is 1. The molecule has 1 fully saturated rings. The quantitative estimate of drug-likeness (QED) is 0.868. The molecule has 4 heteroatoms. The molecule has 0 aliphatic heterocycles. The molecule has 4 nitrogen and oxygen atoms in total. The third-order valence-corrected chi connectivity index (χ3v) is 4.18. The molecule has 1 saturated carbocycles. The summed E-state index contributed by atoms with van der Waals surface area (Å²) in [6.07, 6.45) is 7.58. The van der Waals surface area contributed by atoms with Gasteiger partial charge < -0.3 is 10.3 Å². The van der Waals surface area contributed by atoms with Crippen molar-refractivity contribution in [2.75, 3.05) is 6.54 Å². The fraction of sp³-hybridized carbons (Fsp3) is 0.625. The van der Waals surface area contributed by atoms with Crippen LogP contribution in [0, 0.1) is 11.3 Å². The van der Waals surface area contributed by atoms with Crippen LogP contribution in [0.5, 0.6) is 0 Å². The summed E-state index contributed by atoms with van der Waals surface area (Å²) in [5.74, 6) is 0.550. The average Bonchev–Trinajstić information content (AvgIpc) is 2.85. The molecule has 1 aromatic heterocycles. The van der Waals surface area contributed by atoms with Gasteiger partial charge in [-0.05, 0) is 36.7 Å². The van der Waals surface area contributed by atoms with Gasteiger partial charge in [-0.15, -0.1) is 0 Å². The third kappa shape index (κ3) is 3.71. The van der Waals surface area contributed by atoms with E-state index in [2.05, 4.69) is 24.1 Å². The first-order valence-electron chi connectivity index (χ1n) is 7.48. The topological polar surface area (TPSA) is 62.0 Å². The lowest BCUT2D eigenvalue weighted by molar-refractivity contribution is 0.0921. The number of aromatic amines is 1. The number of carbonyl (C=O) groups excluding carboxylic acids is 1. The highest BCUT2D eigenvalue weighted by atomic mass is 16.1. The molecule has 110 valence electrons. The van der Waals surface area contributed by atoms with Crippen LogP contribution >= 0.6 is 0 Å². The molecule has 2 rings (SSSR count). The Bertz CT molecular complexity index is 493. The molecule has 0 aromatic carbocycles. The minimum Gasteiger partial charge on any atom is -0.351 e. The molecule has 2 N–H and O–H groups in total. The summed E-state index contributed by atoms with van der Waals surface area (Å²) in [7, 11) is 0. The van der Waals surface area contributed by atoms with Gasteiger partial charge in [0.2, 0.25) is 5.56 Å². The maximum Gasteiger partial charge on any atom is 0.252 e. The second kappa shape index (κ2) is 6.25. The van der Waals surface area contributed by atoms with Crippen LogP contribution in [0.25, 0.3) is 0 Å². The van der Waals surface area contributed by atoms with E-state index in [1.54, 1.807) is 6.07 Å². The fourth-order valence-electron chi connectivity index (χ4n) is 3.37. The zero-order valence-electron chi connectivity index (χ0n) is 12.4.